The maximum Gasteiger partial charge on any atom is 0.271 e. The Balaban J connectivity index is 1.84. The smallest absolute Gasteiger partial charge is 0.271 e. The molecule has 6 nitrogen and oxygen atoms in total. The minimum absolute atomic E-state index is 0.147. The lowest BCUT2D eigenvalue weighted by molar-refractivity contribution is -0.116. The maximum absolute atomic E-state index is 12.3. The molecular weight excluding hydrogens is 440 g/mol. The van der Waals surface area contributed by atoms with Gasteiger partial charge < -0.3 is 10.6 Å². The summed E-state index contributed by atoms with van der Waals surface area (Å²) in [5, 5.41) is 6.59. The van der Waals surface area contributed by atoms with Crippen molar-refractivity contribution in [3.63, 3.8) is 0 Å². The van der Waals surface area contributed by atoms with Crippen molar-refractivity contribution in [1.29, 1.82) is 0 Å². The number of carbonyl (C=O) groups excluding carboxylic acids is 2. The van der Waals surface area contributed by atoms with Gasteiger partial charge in [0.1, 0.15) is 5.69 Å². The Hall–Kier alpha value is -1.64. The normalized spacial score (nSPS) is 10.4. The molecule has 0 saturated carbocycles. The molecule has 138 valence electrons. The molecule has 1 heterocycles. The number of nitrogens with zero attached hydrogens (tertiary/aromatic N) is 2. The monoisotopic (exact) mass is 456 g/mol. The van der Waals surface area contributed by atoms with Crippen LogP contribution in [0.2, 0.25) is 5.02 Å². The third kappa shape index (κ3) is 6.59. The summed E-state index contributed by atoms with van der Waals surface area (Å²) in [5.41, 5.74) is 0.915. The van der Waals surface area contributed by atoms with Crippen LogP contribution in [-0.2, 0) is 4.79 Å². The molecule has 1 aromatic heterocycles. The molecule has 0 saturated heterocycles. The summed E-state index contributed by atoms with van der Waals surface area (Å²) in [5.74, 6) is 0.332. The minimum atomic E-state index is -0.350. The van der Waals surface area contributed by atoms with Gasteiger partial charge in [-0.2, -0.15) is 0 Å². The van der Waals surface area contributed by atoms with E-state index in [2.05, 4.69) is 43.5 Å². The Labute approximate surface area is 169 Å². The van der Waals surface area contributed by atoms with Gasteiger partial charge in [0.25, 0.3) is 5.91 Å². The van der Waals surface area contributed by atoms with Crippen molar-refractivity contribution in [2.24, 2.45) is 0 Å². The minimum Gasteiger partial charge on any atom is -0.350 e. The van der Waals surface area contributed by atoms with Crippen molar-refractivity contribution < 1.29 is 9.59 Å². The fraction of sp³-hybridized carbons (Fsp3) is 0.294. The Morgan fingerprint density at radius 3 is 2.69 bits per heavy atom. The highest BCUT2D eigenvalue weighted by Crippen LogP contribution is 2.19. The van der Waals surface area contributed by atoms with E-state index in [0.29, 0.717) is 20.3 Å². The van der Waals surface area contributed by atoms with Crippen LogP contribution in [0.25, 0.3) is 0 Å². The summed E-state index contributed by atoms with van der Waals surface area (Å²) < 4.78 is 0.515. The molecule has 2 rings (SSSR count). The first-order valence-electron chi connectivity index (χ1n) is 7.98. The summed E-state index contributed by atoms with van der Waals surface area (Å²) in [6.45, 7) is 2.26. The third-order valence-corrected chi connectivity index (χ3v) is 5.04. The highest BCUT2D eigenvalue weighted by atomic mass is 79.9. The second kappa shape index (κ2) is 10.5. The largest absolute Gasteiger partial charge is 0.350 e. The molecule has 0 fully saturated rings. The zero-order valence-electron chi connectivity index (χ0n) is 14.1. The van der Waals surface area contributed by atoms with Crippen LogP contribution in [0, 0.1) is 0 Å². The van der Waals surface area contributed by atoms with Crippen LogP contribution < -0.4 is 10.6 Å². The predicted octanol–water partition coefficient (Wildman–Crippen LogP) is 4.15. The molecule has 0 aliphatic rings. The summed E-state index contributed by atoms with van der Waals surface area (Å²) in [6, 6.07) is 6.82. The number of hydrogen-bond donors (Lipinski definition) is 2. The molecule has 0 unspecified atom stereocenters. The summed E-state index contributed by atoms with van der Waals surface area (Å²) in [6.07, 6.45) is 2.70. The number of carbonyl (C=O) groups is 2. The molecule has 0 bridgehead atoms. The van der Waals surface area contributed by atoms with E-state index in [1.54, 1.807) is 30.5 Å². The zero-order valence-corrected chi connectivity index (χ0v) is 17.2. The van der Waals surface area contributed by atoms with Gasteiger partial charge in [-0.05, 0) is 46.6 Å². The van der Waals surface area contributed by atoms with E-state index in [9.17, 15) is 9.59 Å². The topological polar surface area (TPSA) is 84.0 Å². The maximum atomic E-state index is 12.3. The van der Waals surface area contributed by atoms with Crippen molar-refractivity contribution in [2.45, 2.75) is 24.9 Å². The SMILES string of the molecule is CCCSc1ncc(Br)c(C(=O)NCCC(=O)Nc2ccc(Cl)cc2)n1. The average Bonchev–Trinajstić information content (AvgIpc) is 2.63. The van der Waals surface area contributed by atoms with E-state index in [-0.39, 0.29) is 30.5 Å². The van der Waals surface area contributed by atoms with Crippen LogP contribution in [0.4, 0.5) is 5.69 Å². The molecule has 0 atom stereocenters. The van der Waals surface area contributed by atoms with E-state index in [1.165, 1.54) is 11.8 Å². The lowest BCUT2D eigenvalue weighted by Gasteiger charge is -2.08. The number of anilines is 1. The quantitative estimate of drug-likeness (QED) is 0.459. The number of thioether (sulfide) groups is 1. The highest BCUT2D eigenvalue weighted by Gasteiger charge is 2.14. The zero-order chi connectivity index (χ0) is 18.9. The molecule has 0 radical (unpaired) electrons. The number of hydrogen-bond acceptors (Lipinski definition) is 5. The van der Waals surface area contributed by atoms with Crippen molar-refractivity contribution in [3.8, 4) is 0 Å². The summed E-state index contributed by atoms with van der Waals surface area (Å²) in [4.78, 5) is 32.6. The van der Waals surface area contributed by atoms with E-state index < -0.39 is 0 Å². The van der Waals surface area contributed by atoms with Gasteiger partial charge in [-0.1, -0.05) is 30.3 Å². The Bertz CT molecular complexity index is 774. The molecule has 9 heteroatoms. The molecule has 0 aliphatic carbocycles. The van der Waals surface area contributed by atoms with Crippen LogP contribution in [0.3, 0.4) is 0 Å². The number of amides is 2. The van der Waals surface area contributed by atoms with E-state index in [0.717, 1.165) is 12.2 Å². The molecule has 26 heavy (non-hydrogen) atoms. The second-order valence-corrected chi connectivity index (χ2v) is 7.61. The Morgan fingerprint density at radius 2 is 2.00 bits per heavy atom. The van der Waals surface area contributed by atoms with Gasteiger partial charge in [0, 0.05) is 35.6 Å². The molecule has 2 aromatic rings. The van der Waals surface area contributed by atoms with Gasteiger partial charge in [-0.15, -0.1) is 0 Å². The predicted molar refractivity (Wildman–Crippen MR) is 108 cm³/mol. The fourth-order valence-electron chi connectivity index (χ4n) is 1.90. The molecule has 2 N–H and O–H groups in total. The molecule has 1 aromatic carbocycles. The first-order valence-corrected chi connectivity index (χ1v) is 10.1. The fourth-order valence-corrected chi connectivity index (χ4v) is 3.07. The van der Waals surface area contributed by atoms with E-state index in [1.807, 2.05) is 0 Å². The summed E-state index contributed by atoms with van der Waals surface area (Å²) in [7, 11) is 0. The Kier molecular flexibility index (Phi) is 8.34. The molecule has 2 amide bonds. The number of benzene rings is 1. The first kappa shape index (κ1) is 20.7. The van der Waals surface area contributed by atoms with Crippen molar-refractivity contribution >= 4 is 56.8 Å². The molecular formula is C17H18BrClN4O2S. The Morgan fingerprint density at radius 1 is 1.27 bits per heavy atom. The first-order chi connectivity index (χ1) is 12.5. The van der Waals surface area contributed by atoms with Gasteiger partial charge in [0.2, 0.25) is 5.91 Å². The van der Waals surface area contributed by atoms with Crippen molar-refractivity contribution in [2.75, 3.05) is 17.6 Å². The van der Waals surface area contributed by atoms with Gasteiger partial charge in [-0.3, -0.25) is 9.59 Å². The van der Waals surface area contributed by atoms with Gasteiger partial charge in [0.15, 0.2) is 5.16 Å². The lowest BCUT2D eigenvalue weighted by Crippen LogP contribution is -2.28. The van der Waals surface area contributed by atoms with Gasteiger partial charge in [0.05, 0.1) is 4.47 Å². The second-order valence-electron chi connectivity index (χ2n) is 5.26. The third-order valence-electron chi connectivity index (χ3n) is 3.14. The van der Waals surface area contributed by atoms with Crippen molar-refractivity contribution in [3.05, 3.63) is 45.7 Å². The number of halogens is 2. The van der Waals surface area contributed by atoms with Crippen LogP contribution in [-0.4, -0.2) is 34.1 Å². The van der Waals surface area contributed by atoms with Crippen LogP contribution in [0.1, 0.15) is 30.3 Å². The van der Waals surface area contributed by atoms with E-state index >= 15 is 0 Å². The van der Waals surface area contributed by atoms with Crippen LogP contribution in [0.5, 0.6) is 0 Å². The van der Waals surface area contributed by atoms with Crippen LogP contribution in [0.15, 0.2) is 40.1 Å². The lowest BCUT2D eigenvalue weighted by atomic mass is 10.3. The van der Waals surface area contributed by atoms with Gasteiger partial charge in [-0.25, -0.2) is 9.97 Å². The average molecular weight is 458 g/mol. The van der Waals surface area contributed by atoms with E-state index in [4.69, 9.17) is 11.6 Å². The number of nitrogens with one attached hydrogen (secondary N) is 2. The van der Waals surface area contributed by atoms with Crippen molar-refractivity contribution in [1.82, 2.24) is 15.3 Å². The summed E-state index contributed by atoms with van der Waals surface area (Å²) >= 11 is 10.6. The molecule has 0 spiro atoms. The highest BCUT2D eigenvalue weighted by molar-refractivity contribution is 9.10. The number of aromatic nitrogens is 2. The standard InChI is InChI=1S/C17H18BrClN4O2S/c1-2-9-26-17-21-10-13(18)15(23-17)16(25)20-8-7-14(24)22-12-5-3-11(19)4-6-12/h3-6,10H,2,7-9H2,1H3,(H,20,25)(H,22,24). The number of rotatable bonds is 8. The molecule has 0 aliphatic heterocycles. The van der Waals surface area contributed by atoms with Crippen LogP contribution >= 0.6 is 39.3 Å². The van der Waals surface area contributed by atoms with Gasteiger partial charge >= 0.3 is 0 Å².